The van der Waals surface area contributed by atoms with Crippen molar-refractivity contribution in [3.05, 3.63) is 92.9 Å². The molecule has 0 spiro atoms. The van der Waals surface area contributed by atoms with Crippen molar-refractivity contribution in [1.29, 1.82) is 0 Å². The maximum absolute atomic E-state index is 13.6. The number of aromatic nitrogens is 4. The highest BCUT2D eigenvalue weighted by Gasteiger charge is 2.22. The van der Waals surface area contributed by atoms with Crippen LogP contribution in [0.1, 0.15) is 11.3 Å². The van der Waals surface area contributed by atoms with Crippen molar-refractivity contribution in [1.82, 2.24) is 18.7 Å². The van der Waals surface area contributed by atoms with E-state index in [1.807, 2.05) is 42.8 Å². The number of thiophene rings is 1. The number of nitrogens with zero attached hydrogens (tertiary/aromatic N) is 4. The quantitative estimate of drug-likeness (QED) is 0.378. The minimum Gasteiger partial charge on any atom is -0.495 e. The zero-order chi connectivity index (χ0) is 25.6. The highest BCUT2D eigenvalue weighted by Crippen LogP contribution is 2.39. The first kappa shape index (κ1) is 23.7. The molecule has 0 aliphatic carbocycles. The van der Waals surface area contributed by atoms with Crippen molar-refractivity contribution >= 4 is 21.6 Å². The number of aliphatic hydroxyl groups excluding tert-OH is 1. The van der Waals surface area contributed by atoms with E-state index in [0.717, 1.165) is 26.4 Å². The maximum atomic E-state index is 13.6. The van der Waals surface area contributed by atoms with Crippen molar-refractivity contribution < 1.29 is 14.2 Å². The minimum atomic E-state index is -0.593. The normalized spacial score (nSPS) is 11.4. The van der Waals surface area contributed by atoms with Crippen LogP contribution < -0.4 is 16.0 Å². The molecule has 3 heterocycles. The Hall–Kier alpha value is -4.02. The van der Waals surface area contributed by atoms with Gasteiger partial charge in [-0.25, -0.2) is 18.7 Å². The smallest absolute Gasteiger partial charge is 0.336 e. The third-order valence-electron chi connectivity index (χ3n) is 6.05. The predicted molar refractivity (Wildman–Crippen MR) is 137 cm³/mol. The number of aryl methyl sites for hydroxylation is 2. The lowest BCUT2D eigenvalue weighted by Gasteiger charge is -2.11. The number of hydrogen-bond acceptors (Lipinski definition) is 6. The molecule has 0 radical (unpaired) electrons. The monoisotopic (exact) mass is 506 g/mol. The summed E-state index contributed by atoms with van der Waals surface area (Å²) in [6.45, 7) is 3.47. The Bertz CT molecular complexity index is 1710. The van der Waals surface area contributed by atoms with E-state index < -0.39 is 17.1 Å². The van der Waals surface area contributed by atoms with Gasteiger partial charge in [0, 0.05) is 11.1 Å². The Balaban J connectivity index is 1.75. The minimum absolute atomic E-state index is 0.0123. The van der Waals surface area contributed by atoms with Crippen molar-refractivity contribution in [2.75, 3.05) is 13.7 Å². The van der Waals surface area contributed by atoms with Gasteiger partial charge in [0.05, 0.1) is 49.0 Å². The van der Waals surface area contributed by atoms with Crippen molar-refractivity contribution in [2.24, 2.45) is 0 Å². The summed E-state index contributed by atoms with van der Waals surface area (Å²) in [5, 5.41) is 10.0. The van der Waals surface area contributed by atoms with Gasteiger partial charge in [-0.2, -0.15) is 0 Å². The Kier molecular flexibility index (Phi) is 6.07. The van der Waals surface area contributed by atoms with Crippen molar-refractivity contribution in [3.8, 4) is 27.6 Å². The van der Waals surface area contributed by atoms with Crippen LogP contribution in [0.5, 0.6) is 5.75 Å². The highest BCUT2D eigenvalue weighted by atomic mass is 32.1. The van der Waals surface area contributed by atoms with Gasteiger partial charge >= 0.3 is 5.69 Å². The summed E-state index contributed by atoms with van der Waals surface area (Å²) >= 11 is 1.31. The van der Waals surface area contributed by atoms with Gasteiger partial charge in [0.15, 0.2) is 0 Å². The number of imidazole rings is 1. The number of hydrogen-bond donors (Lipinski definition) is 1. The van der Waals surface area contributed by atoms with Gasteiger partial charge in [-0.15, -0.1) is 11.3 Å². The van der Waals surface area contributed by atoms with Gasteiger partial charge in [-0.1, -0.05) is 6.07 Å². The van der Waals surface area contributed by atoms with Gasteiger partial charge in [0.2, 0.25) is 0 Å². The Labute approximate surface area is 209 Å². The molecule has 2 aromatic carbocycles. The standard InChI is InChI=1S/C26H23FN4O4S/c1-15-13-29(14-28-15)20-9-4-17(12-21(20)35-3)23-16(2)22-24(33)31(19-7-5-18(27)6-8-19)26(34)30(10-11-32)25(22)36-23/h4-9,12-14,32H,10-11H2,1-3H3. The Morgan fingerprint density at radius 2 is 1.86 bits per heavy atom. The molecule has 0 saturated carbocycles. The molecule has 0 unspecified atom stereocenters. The molecule has 0 atom stereocenters. The van der Waals surface area contributed by atoms with Crippen LogP contribution in [0.15, 0.2) is 64.6 Å². The predicted octanol–water partition coefficient (Wildman–Crippen LogP) is 3.82. The first-order valence-electron chi connectivity index (χ1n) is 11.2. The fourth-order valence-corrected chi connectivity index (χ4v) is 5.64. The summed E-state index contributed by atoms with van der Waals surface area (Å²) in [6.07, 6.45) is 3.61. The van der Waals surface area contributed by atoms with Crippen molar-refractivity contribution in [3.63, 3.8) is 0 Å². The summed E-state index contributed by atoms with van der Waals surface area (Å²) in [4.78, 5) is 32.5. The average Bonchev–Trinajstić information content (AvgIpc) is 3.45. The molecule has 0 saturated heterocycles. The topological polar surface area (TPSA) is 91.3 Å². The number of ether oxygens (including phenoxy) is 1. The van der Waals surface area contributed by atoms with Crippen LogP contribution in [0.3, 0.4) is 0 Å². The molecular formula is C26H23FN4O4S. The molecule has 36 heavy (non-hydrogen) atoms. The number of rotatable bonds is 6. The van der Waals surface area contributed by atoms with Gasteiger partial charge in [0.25, 0.3) is 5.56 Å². The van der Waals surface area contributed by atoms with Crippen LogP contribution in [0.25, 0.3) is 32.0 Å². The molecule has 8 nitrogen and oxygen atoms in total. The molecule has 0 bridgehead atoms. The number of aliphatic hydroxyl groups is 1. The van der Waals surface area contributed by atoms with E-state index in [1.165, 1.54) is 40.2 Å². The van der Waals surface area contributed by atoms with Crippen LogP contribution in [-0.2, 0) is 6.54 Å². The van der Waals surface area contributed by atoms with Crippen LogP contribution in [0.2, 0.25) is 0 Å². The van der Waals surface area contributed by atoms with Gasteiger partial charge in [-0.05, 0) is 61.4 Å². The molecule has 0 aliphatic heterocycles. The average molecular weight is 507 g/mol. The second-order valence-electron chi connectivity index (χ2n) is 8.32. The van der Waals surface area contributed by atoms with E-state index in [-0.39, 0.29) is 18.8 Å². The fourth-order valence-electron chi connectivity index (χ4n) is 4.32. The summed E-state index contributed by atoms with van der Waals surface area (Å²) < 4.78 is 23.4. The molecule has 0 aliphatic rings. The number of benzene rings is 2. The first-order chi connectivity index (χ1) is 17.3. The fraction of sp³-hybridized carbons (Fsp3) is 0.192. The lowest BCUT2D eigenvalue weighted by atomic mass is 10.1. The molecule has 0 amide bonds. The zero-order valence-electron chi connectivity index (χ0n) is 19.9. The lowest BCUT2D eigenvalue weighted by molar-refractivity contribution is 0.275. The lowest BCUT2D eigenvalue weighted by Crippen LogP contribution is -2.39. The largest absolute Gasteiger partial charge is 0.495 e. The summed E-state index contributed by atoms with van der Waals surface area (Å²) in [6, 6.07) is 10.9. The summed E-state index contributed by atoms with van der Waals surface area (Å²) in [7, 11) is 1.59. The second kappa shape index (κ2) is 9.21. The second-order valence-corrected chi connectivity index (χ2v) is 9.32. The number of methoxy groups -OCH3 is 1. The molecular weight excluding hydrogens is 483 g/mol. The van der Waals surface area contributed by atoms with Crippen LogP contribution in [0, 0.1) is 19.7 Å². The van der Waals surface area contributed by atoms with Crippen molar-refractivity contribution in [2.45, 2.75) is 20.4 Å². The Morgan fingerprint density at radius 1 is 1.11 bits per heavy atom. The summed E-state index contributed by atoms with van der Waals surface area (Å²) in [5.74, 6) is 0.152. The molecule has 5 aromatic rings. The molecule has 5 rings (SSSR count). The third kappa shape index (κ3) is 3.84. The first-order valence-corrected chi connectivity index (χ1v) is 12.0. The Morgan fingerprint density at radius 3 is 2.50 bits per heavy atom. The molecule has 3 aromatic heterocycles. The van der Waals surface area contributed by atoms with E-state index in [2.05, 4.69) is 4.98 Å². The molecule has 1 N–H and O–H groups in total. The van der Waals surface area contributed by atoms with Gasteiger partial charge < -0.3 is 14.4 Å². The van der Waals surface area contributed by atoms with Crippen LogP contribution >= 0.6 is 11.3 Å². The van der Waals surface area contributed by atoms with Gasteiger partial charge in [0.1, 0.15) is 16.4 Å². The number of halogens is 1. The van der Waals surface area contributed by atoms with E-state index in [4.69, 9.17) is 4.74 Å². The van der Waals surface area contributed by atoms with E-state index >= 15 is 0 Å². The van der Waals surface area contributed by atoms with Crippen LogP contribution in [0.4, 0.5) is 4.39 Å². The van der Waals surface area contributed by atoms with E-state index in [0.29, 0.717) is 21.5 Å². The van der Waals surface area contributed by atoms with E-state index in [9.17, 15) is 19.1 Å². The third-order valence-corrected chi connectivity index (χ3v) is 7.42. The summed E-state index contributed by atoms with van der Waals surface area (Å²) in [5.41, 5.74) is 2.39. The number of fused-ring (bicyclic) bond motifs is 1. The highest BCUT2D eigenvalue weighted by molar-refractivity contribution is 7.22. The van der Waals surface area contributed by atoms with Gasteiger partial charge in [-0.3, -0.25) is 9.36 Å². The molecule has 0 fully saturated rings. The van der Waals surface area contributed by atoms with E-state index in [1.54, 1.807) is 13.4 Å². The molecule has 10 heteroatoms. The SMILES string of the molecule is COc1cc(-c2sc3c(c2C)c(=O)n(-c2ccc(F)cc2)c(=O)n3CCO)ccc1-n1cnc(C)c1. The maximum Gasteiger partial charge on any atom is 0.336 e. The zero-order valence-corrected chi connectivity index (χ0v) is 20.7. The molecule has 184 valence electrons. The van der Waals surface area contributed by atoms with Crippen LogP contribution in [-0.4, -0.2) is 37.5 Å².